The number of hydrogen-bond acceptors (Lipinski definition) is 1. The van der Waals surface area contributed by atoms with Crippen LogP contribution in [-0.4, -0.2) is 5.75 Å². The Morgan fingerprint density at radius 3 is 1.75 bits per heavy atom. The van der Waals surface area contributed by atoms with E-state index in [1.54, 1.807) is 0 Å². The molecule has 0 unspecified atom stereocenters. The molecular weight excluding hydrogens is 120 g/mol. The summed E-state index contributed by atoms with van der Waals surface area (Å²) in [5.41, 5.74) is 0. The molecule has 0 atom stereocenters. The second-order valence-corrected chi connectivity index (χ2v) is 0.866. The Morgan fingerprint density at radius 2 is 1.75 bits per heavy atom. The van der Waals surface area contributed by atoms with Crippen LogP contribution in [0.15, 0.2) is 0 Å². The van der Waals surface area contributed by atoms with E-state index in [1.165, 1.54) is 0 Å². The van der Waals surface area contributed by atoms with Crippen molar-refractivity contribution in [1.29, 1.82) is 0 Å². The van der Waals surface area contributed by atoms with Crippen molar-refractivity contribution < 1.29 is 17.1 Å². The summed E-state index contributed by atoms with van der Waals surface area (Å²) < 4.78 is 0. The Bertz CT molecular complexity index is 6.00. The molecule has 0 heterocycles. The molecule has 0 saturated heterocycles. The van der Waals surface area contributed by atoms with E-state index < -0.39 is 0 Å². The maximum atomic E-state index is 4.39. The van der Waals surface area contributed by atoms with Crippen LogP contribution in [0.2, 0.25) is 0 Å². The SMILES string of the molecule is CC[S-].[Cu+]. The van der Waals surface area contributed by atoms with E-state index in [4.69, 9.17) is 0 Å². The van der Waals surface area contributed by atoms with Gasteiger partial charge in [-0.15, -0.1) is 0 Å². The molecule has 0 aromatic carbocycles. The molecule has 0 aliphatic rings. The smallest absolute Gasteiger partial charge is 0.793 e. The monoisotopic (exact) mass is 124 g/mol. The van der Waals surface area contributed by atoms with Crippen molar-refractivity contribution in [2.75, 3.05) is 5.75 Å². The normalized spacial score (nSPS) is 4.50. The Morgan fingerprint density at radius 1 is 1.75 bits per heavy atom. The molecule has 0 aromatic heterocycles. The van der Waals surface area contributed by atoms with Gasteiger partial charge in [-0.2, -0.15) is 5.75 Å². The Labute approximate surface area is 42.9 Å². The zero-order valence-corrected chi connectivity index (χ0v) is 4.18. The Hall–Kier alpha value is 0.869. The van der Waals surface area contributed by atoms with E-state index in [0.29, 0.717) is 0 Å². The first kappa shape index (κ1) is 8.85. The van der Waals surface area contributed by atoms with Crippen LogP contribution >= 0.6 is 0 Å². The van der Waals surface area contributed by atoms with E-state index in [1.807, 2.05) is 6.92 Å². The van der Waals surface area contributed by atoms with Crippen molar-refractivity contribution in [3.8, 4) is 0 Å². The van der Waals surface area contributed by atoms with Gasteiger partial charge in [-0.25, -0.2) is 0 Å². The minimum absolute atomic E-state index is 0. The van der Waals surface area contributed by atoms with Crippen molar-refractivity contribution in [3.63, 3.8) is 0 Å². The fourth-order valence-corrected chi connectivity index (χ4v) is 0. The fraction of sp³-hybridized carbons (Fsp3) is 1.00. The molecule has 2 heteroatoms. The second-order valence-electron chi connectivity index (χ2n) is 0.289. The molecule has 0 rings (SSSR count). The van der Waals surface area contributed by atoms with Gasteiger partial charge in [-0.1, -0.05) is 6.92 Å². The van der Waals surface area contributed by atoms with E-state index in [9.17, 15) is 0 Å². The minimum Gasteiger partial charge on any atom is -0.793 e. The number of hydrogen-bond donors (Lipinski definition) is 0. The summed E-state index contributed by atoms with van der Waals surface area (Å²) in [5, 5.41) is 0. The molecule has 0 aromatic rings. The van der Waals surface area contributed by atoms with Crippen molar-refractivity contribution >= 4 is 12.6 Å². The fourth-order valence-electron chi connectivity index (χ4n) is 0. The molecule has 0 bridgehead atoms. The first-order chi connectivity index (χ1) is 1.41. The molecule has 0 saturated carbocycles. The third-order valence-corrected chi connectivity index (χ3v) is 0. The first-order valence-corrected chi connectivity index (χ1v) is 1.57. The molecule has 0 fully saturated rings. The summed E-state index contributed by atoms with van der Waals surface area (Å²) in [6.07, 6.45) is 0. The molecule has 4 heavy (non-hydrogen) atoms. The zero-order valence-electron chi connectivity index (χ0n) is 2.42. The van der Waals surface area contributed by atoms with Crippen molar-refractivity contribution in [2.45, 2.75) is 6.92 Å². The average Bonchev–Trinajstić information content (AvgIpc) is 0.918. The maximum absolute atomic E-state index is 4.39. The molecule has 0 amide bonds. The molecule has 0 N–H and O–H groups in total. The van der Waals surface area contributed by atoms with Crippen LogP contribution in [-0.2, 0) is 29.7 Å². The van der Waals surface area contributed by atoms with Gasteiger partial charge in [0.15, 0.2) is 0 Å². The van der Waals surface area contributed by atoms with Crippen LogP contribution in [0.1, 0.15) is 6.92 Å². The Balaban J connectivity index is 0. The number of rotatable bonds is 0. The van der Waals surface area contributed by atoms with Gasteiger partial charge in [-0.3, -0.25) is 0 Å². The molecular formula is C2H5CuS. The van der Waals surface area contributed by atoms with Gasteiger partial charge in [0, 0.05) is 0 Å². The summed E-state index contributed by atoms with van der Waals surface area (Å²) in [5.74, 6) is 0.833. The quantitative estimate of drug-likeness (QED) is 0.336. The van der Waals surface area contributed by atoms with E-state index in [0.717, 1.165) is 5.75 Å². The van der Waals surface area contributed by atoms with Crippen LogP contribution in [0.25, 0.3) is 0 Å². The molecule has 0 spiro atoms. The summed E-state index contributed by atoms with van der Waals surface area (Å²) in [6, 6.07) is 0. The average molecular weight is 125 g/mol. The summed E-state index contributed by atoms with van der Waals surface area (Å²) in [7, 11) is 0. The van der Waals surface area contributed by atoms with Gasteiger partial charge < -0.3 is 12.6 Å². The van der Waals surface area contributed by atoms with Gasteiger partial charge in [0.25, 0.3) is 0 Å². The van der Waals surface area contributed by atoms with E-state index in [-0.39, 0.29) is 17.1 Å². The molecule has 0 radical (unpaired) electrons. The van der Waals surface area contributed by atoms with E-state index >= 15 is 0 Å². The molecule has 30 valence electrons. The standard InChI is InChI=1S/C2H6S.Cu/c1-2-3;/h3H,2H2,1H3;/q;+1/p-1. The summed E-state index contributed by atoms with van der Waals surface area (Å²) in [4.78, 5) is 0. The van der Waals surface area contributed by atoms with Gasteiger partial charge in [0.05, 0.1) is 0 Å². The van der Waals surface area contributed by atoms with Crippen molar-refractivity contribution in [2.24, 2.45) is 0 Å². The second kappa shape index (κ2) is 9.12. The first-order valence-electron chi connectivity index (χ1n) is 0.996. The molecule has 0 aliphatic heterocycles. The van der Waals surface area contributed by atoms with Crippen LogP contribution in [0, 0.1) is 0 Å². The molecule has 0 aliphatic carbocycles. The summed E-state index contributed by atoms with van der Waals surface area (Å²) in [6.45, 7) is 1.94. The van der Waals surface area contributed by atoms with Crippen LogP contribution in [0.5, 0.6) is 0 Å². The van der Waals surface area contributed by atoms with Crippen LogP contribution in [0.4, 0.5) is 0 Å². The van der Waals surface area contributed by atoms with E-state index in [2.05, 4.69) is 12.6 Å². The third-order valence-electron chi connectivity index (χ3n) is 0. The third kappa shape index (κ3) is 13.3. The maximum Gasteiger partial charge on any atom is 1.00 e. The zero-order chi connectivity index (χ0) is 2.71. The topological polar surface area (TPSA) is 0 Å². The predicted octanol–water partition coefficient (Wildman–Crippen LogP) is 0.551. The van der Waals surface area contributed by atoms with Crippen LogP contribution in [0.3, 0.4) is 0 Å². The van der Waals surface area contributed by atoms with Crippen LogP contribution < -0.4 is 0 Å². The van der Waals surface area contributed by atoms with Crippen molar-refractivity contribution in [1.82, 2.24) is 0 Å². The molecule has 0 nitrogen and oxygen atoms in total. The Kier molecular flexibility index (Phi) is 20.2. The van der Waals surface area contributed by atoms with Gasteiger partial charge in [0.2, 0.25) is 0 Å². The van der Waals surface area contributed by atoms with Gasteiger partial charge in [-0.05, 0) is 0 Å². The summed E-state index contributed by atoms with van der Waals surface area (Å²) >= 11 is 4.39. The van der Waals surface area contributed by atoms with Gasteiger partial charge >= 0.3 is 17.1 Å². The minimum atomic E-state index is 0. The largest absolute Gasteiger partial charge is 1.00 e. The van der Waals surface area contributed by atoms with Crippen molar-refractivity contribution in [3.05, 3.63) is 0 Å². The predicted molar refractivity (Wildman–Crippen MR) is 17.9 cm³/mol. The van der Waals surface area contributed by atoms with Gasteiger partial charge in [0.1, 0.15) is 0 Å².